The maximum absolute atomic E-state index is 11.9. The van der Waals surface area contributed by atoms with Gasteiger partial charge in [0.1, 0.15) is 11.0 Å². The third-order valence-corrected chi connectivity index (χ3v) is 4.52. The fourth-order valence-electron chi connectivity index (χ4n) is 2.40. The Morgan fingerprint density at radius 2 is 2.27 bits per heavy atom. The first kappa shape index (κ1) is 15.0. The zero-order valence-electron chi connectivity index (χ0n) is 12.9. The molecule has 2 aromatic heterocycles. The lowest BCUT2D eigenvalue weighted by Crippen LogP contribution is -2.27. The second-order valence-electron chi connectivity index (χ2n) is 6.16. The molecule has 3 heterocycles. The maximum atomic E-state index is 11.9. The van der Waals surface area contributed by atoms with Gasteiger partial charge < -0.3 is 9.30 Å². The Morgan fingerprint density at radius 1 is 1.45 bits per heavy atom. The molecule has 5 nitrogen and oxygen atoms in total. The summed E-state index contributed by atoms with van der Waals surface area (Å²) in [6, 6.07) is 5.93. The van der Waals surface area contributed by atoms with Gasteiger partial charge in [-0.15, -0.1) is 11.8 Å². The first-order valence-corrected chi connectivity index (χ1v) is 8.20. The summed E-state index contributed by atoms with van der Waals surface area (Å²) in [5.41, 5.74) is 2.57. The lowest BCUT2D eigenvalue weighted by Gasteiger charge is -2.19. The van der Waals surface area contributed by atoms with Crippen molar-refractivity contribution in [3.8, 4) is 0 Å². The number of aromatic nitrogens is 2. The summed E-state index contributed by atoms with van der Waals surface area (Å²) in [4.78, 5) is 16.1. The number of ether oxygens (including phenoxy) is 1. The summed E-state index contributed by atoms with van der Waals surface area (Å²) in [6.45, 7) is 5.56. The molecule has 0 spiro atoms. The lowest BCUT2D eigenvalue weighted by atomic mass is 10.2. The molecular formula is C16H19N3O2S. The van der Waals surface area contributed by atoms with E-state index in [4.69, 9.17) is 4.74 Å². The van der Waals surface area contributed by atoms with E-state index in [0.29, 0.717) is 0 Å². The number of hydrogen-bond acceptors (Lipinski definition) is 4. The average Bonchev–Trinajstić information content (AvgIpc) is 3.01. The van der Waals surface area contributed by atoms with Gasteiger partial charge in [0.2, 0.25) is 0 Å². The van der Waals surface area contributed by atoms with Crippen molar-refractivity contribution in [2.24, 2.45) is 0 Å². The fourth-order valence-corrected chi connectivity index (χ4v) is 3.71. The van der Waals surface area contributed by atoms with Crippen LogP contribution in [-0.4, -0.2) is 21.2 Å². The van der Waals surface area contributed by atoms with E-state index in [1.165, 1.54) is 0 Å². The van der Waals surface area contributed by atoms with Gasteiger partial charge in [0.25, 0.3) is 0 Å². The van der Waals surface area contributed by atoms with E-state index >= 15 is 0 Å². The summed E-state index contributed by atoms with van der Waals surface area (Å²) in [5, 5.41) is 3.05. The highest BCUT2D eigenvalue weighted by Crippen LogP contribution is 2.43. The van der Waals surface area contributed by atoms with Gasteiger partial charge in [0, 0.05) is 29.9 Å². The number of fused-ring (bicyclic) bond motifs is 1. The molecule has 0 aliphatic carbocycles. The van der Waals surface area contributed by atoms with Crippen LogP contribution in [0.2, 0.25) is 0 Å². The van der Waals surface area contributed by atoms with E-state index in [1.807, 2.05) is 57.1 Å². The van der Waals surface area contributed by atoms with Crippen molar-refractivity contribution < 1.29 is 9.53 Å². The molecule has 3 rings (SSSR count). The topological polar surface area (TPSA) is 56.1 Å². The summed E-state index contributed by atoms with van der Waals surface area (Å²) >= 11 is 1.82. The Balaban J connectivity index is 1.77. The van der Waals surface area contributed by atoms with Crippen LogP contribution in [0, 0.1) is 0 Å². The average molecular weight is 317 g/mol. The van der Waals surface area contributed by atoms with Crippen molar-refractivity contribution in [2.75, 3.05) is 5.32 Å². The second-order valence-corrected chi connectivity index (χ2v) is 7.23. The number of hydrogen-bond donors (Lipinski definition) is 1. The lowest BCUT2D eigenvalue weighted by molar-refractivity contribution is 0.0636. The summed E-state index contributed by atoms with van der Waals surface area (Å²) in [5.74, 6) is 0.845. The number of rotatable bonds is 2. The van der Waals surface area contributed by atoms with Crippen LogP contribution in [0.15, 0.2) is 36.8 Å². The van der Waals surface area contributed by atoms with E-state index in [1.54, 1.807) is 6.20 Å². The molecule has 2 aromatic rings. The number of amides is 1. The van der Waals surface area contributed by atoms with Gasteiger partial charge in [-0.05, 0) is 32.9 Å². The van der Waals surface area contributed by atoms with Crippen molar-refractivity contribution in [1.29, 1.82) is 0 Å². The standard InChI is InChI=1S/C16H19N3O2S/c1-16(2,3)21-15(20)18-12-6-8-19-13(12)10-22-14(19)11-5-4-7-17-9-11/h4-9,14H,10H2,1-3H3,(H,18,20)/t14-/m1/s1. The quantitative estimate of drug-likeness (QED) is 0.909. The van der Waals surface area contributed by atoms with Gasteiger partial charge in [0.15, 0.2) is 0 Å². The molecule has 1 aliphatic rings. The normalized spacial score (nSPS) is 17.1. The molecule has 116 valence electrons. The first-order valence-electron chi connectivity index (χ1n) is 7.15. The molecule has 0 fully saturated rings. The molecule has 0 saturated carbocycles. The van der Waals surface area contributed by atoms with Crippen LogP contribution in [0.5, 0.6) is 0 Å². The van der Waals surface area contributed by atoms with Gasteiger partial charge in [-0.2, -0.15) is 0 Å². The predicted octanol–water partition coefficient (Wildman–Crippen LogP) is 4.02. The van der Waals surface area contributed by atoms with Crippen molar-refractivity contribution in [1.82, 2.24) is 9.55 Å². The van der Waals surface area contributed by atoms with Gasteiger partial charge in [-0.25, -0.2) is 4.79 Å². The highest BCUT2D eigenvalue weighted by atomic mass is 32.2. The van der Waals surface area contributed by atoms with Crippen LogP contribution in [0.25, 0.3) is 0 Å². The third kappa shape index (κ3) is 3.11. The molecule has 1 aliphatic heterocycles. The molecule has 1 amide bonds. The van der Waals surface area contributed by atoms with Crippen molar-refractivity contribution in [3.05, 3.63) is 48.0 Å². The van der Waals surface area contributed by atoms with Gasteiger partial charge in [-0.1, -0.05) is 6.07 Å². The van der Waals surface area contributed by atoms with E-state index in [2.05, 4.69) is 20.9 Å². The fraction of sp³-hybridized carbons (Fsp3) is 0.375. The molecule has 22 heavy (non-hydrogen) atoms. The van der Waals surface area contributed by atoms with Gasteiger partial charge in [-0.3, -0.25) is 10.3 Å². The molecule has 0 bridgehead atoms. The van der Waals surface area contributed by atoms with Crippen LogP contribution < -0.4 is 5.32 Å². The van der Waals surface area contributed by atoms with Crippen molar-refractivity contribution in [2.45, 2.75) is 37.5 Å². The number of nitrogens with zero attached hydrogens (tertiary/aromatic N) is 2. The Kier molecular flexibility index (Phi) is 3.87. The van der Waals surface area contributed by atoms with Gasteiger partial charge in [0.05, 0.1) is 11.4 Å². The molecule has 0 unspecified atom stereocenters. The molecular weight excluding hydrogens is 298 g/mol. The van der Waals surface area contributed by atoms with Crippen LogP contribution in [-0.2, 0) is 10.5 Å². The van der Waals surface area contributed by atoms with E-state index < -0.39 is 11.7 Å². The number of carbonyl (C=O) groups excluding carboxylic acids is 1. The van der Waals surface area contributed by atoms with Crippen LogP contribution in [0.4, 0.5) is 10.5 Å². The molecule has 1 atom stereocenters. The Morgan fingerprint density at radius 3 is 2.95 bits per heavy atom. The smallest absolute Gasteiger partial charge is 0.412 e. The largest absolute Gasteiger partial charge is 0.444 e. The van der Waals surface area contributed by atoms with Crippen LogP contribution in [0.3, 0.4) is 0 Å². The third-order valence-electron chi connectivity index (χ3n) is 3.26. The van der Waals surface area contributed by atoms with E-state index in [9.17, 15) is 4.79 Å². The highest BCUT2D eigenvalue weighted by molar-refractivity contribution is 7.99. The number of thioether (sulfide) groups is 1. The van der Waals surface area contributed by atoms with Crippen molar-refractivity contribution >= 4 is 23.5 Å². The predicted molar refractivity (Wildman–Crippen MR) is 88.0 cm³/mol. The minimum Gasteiger partial charge on any atom is -0.444 e. The highest BCUT2D eigenvalue weighted by Gasteiger charge is 2.27. The van der Waals surface area contributed by atoms with Crippen LogP contribution in [0.1, 0.15) is 37.4 Å². The molecule has 6 heteroatoms. The molecule has 1 N–H and O–H groups in total. The second kappa shape index (κ2) is 5.68. The molecule has 0 saturated heterocycles. The number of pyridine rings is 1. The minimum atomic E-state index is -0.500. The van der Waals surface area contributed by atoms with Crippen molar-refractivity contribution in [3.63, 3.8) is 0 Å². The number of carbonyl (C=O) groups is 1. The number of anilines is 1. The minimum absolute atomic E-state index is 0.206. The summed E-state index contributed by atoms with van der Waals surface area (Å²) < 4.78 is 7.48. The Hall–Kier alpha value is -1.95. The zero-order valence-corrected chi connectivity index (χ0v) is 13.7. The Bertz CT molecular complexity index is 676. The first-order chi connectivity index (χ1) is 10.4. The van der Waals surface area contributed by atoms with Crippen LogP contribution >= 0.6 is 11.8 Å². The number of nitrogens with one attached hydrogen (secondary N) is 1. The van der Waals surface area contributed by atoms with E-state index in [0.717, 1.165) is 22.7 Å². The Labute approximate surface area is 134 Å². The maximum Gasteiger partial charge on any atom is 0.412 e. The van der Waals surface area contributed by atoms with Gasteiger partial charge >= 0.3 is 6.09 Å². The SMILES string of the molecule is CC(C)(C)OC(=O)Nc1ccn2c1CS[C@@H]2c1cccnc1. The van der Waals surface area contributed by atoms with E-state index in [-0.39, 0.29) is 5.37 Å². The monoisotopic (exact) mass is 317 g/mol. The molecule has 0 radical (unpaired) electrons. The zero-order chi connectivity index (χ0) is 15.7. The molecule has 0 aromatic carbocycles. The summed E-state index contributed by atoms with van der Waals surface area (Å²) in [6.07, 6.45) is 5.24. The summed E-state index contributed by atoms with van der Waals surface area (Å²) in [7, 11) is 0.